The van der Waals surface area contributed by atoms with Gasteiger partial charge in [-0.25, -0.2) is 4.98 Å². The average Bonchev–Trinajstić information content (AvgIpc) is 3.25. The smallest absolute Gasteiger partial charge is 0.387 e. The number of nitro groups is 1. The summed E-state index contributed by atoms with van der Waals surface area (Å²) < 4.78 is 36.7. The summed E-state index contributed by atoms with van der Waals surface area (Å²) in [7, 11) is 1.84. The molecule has 4 aromatic rings. The molecule has 0 N–H and O–H groups in total. The number of pyridine rings is 1. The van der Waals surface area contributed by atoms with Crippen molar-refractivity contribution in [1.29, 1.82) is 0 Å². The molecule has 2 aromatic carbocycles. The third kappa shape index (κ3) is 5.96. The number of aryl methyl sites for hydroxylation is 1. The van der Waals surface area contributed by atoms with Crippen LogP contribution < -0.4 is 9.47 Å². The van der Waals surface area contributed by atoms with E-state index in [1.54, 1.807) is 24.3 Å². The number of fused-ring (bicyclic) bond motifs is 1. The van der Waals surface area contributed by atoms with E-state index < -0.39 is 11.5 Å². The van der Waals surface area contributed by atoms with Crippen LogP contribution in [0.2, 0.25) is 0 Å². The summed E-state index contributed by atoms with van der Waals surface area (Å²) in [6.07, 6.45) is 1.13. The highest BCUT2D eigenvalue weighted by Crippen LogP contribution is 2.28. The van der Waals surface area contributed by atoms with Crippen LogP contribution in [0, 0.1) is 10.1 Å². The Morgan fingerprint density at radius 2 is 1.74 bits per heavy atom. The van der Waals surface area contributed by atoms with Crippen LogP contribution in [0.3, 0.4) is 0 Å². The van der Waals surface area contributed by atoms with Crippen LogP contribution in [-0.2, 0) is 13.6 Å². The molecule has 3 heterocycles. The van der Waals surface area contributed by atoms with Gasteiger partial charge in [0.2, 0.25) is 5.88 Å². The number of piperazine rings is 1. The van der Waals surface area contributed by atoms with E-state index in [1.807, 2.05) is 28.6 Å². The summed E-state index contributed by atoms with van der Waals surface area (Å²) in [6.45, 7) is 0.298. The number of hydrogen-bond donors (Lipinski definition) is 0. The number of carbonyl (C=O) groups excluding carboxylic acids is 1. The standard InChI is InChI=1S/C27H25F2N5O5/c1-31-23-8-7-22(38-25-9-4-20(16-30-25)34(36)37)14-19(23)15-24(31)26(35)33-12-10-32(11-13-33)17-18-2-5-21(6-3-18)39-27(28)29/h2-9,14-16,27H,10-13,17H2,1H3. The predicted octanol–water partition coefficient (Wildman–Crippen LogP) is 4.83. The van der Waals surface area contributed by atoms with Crippen molar-refractivity contribution < 1.29 is 28.0 Å². The Labute approximate surface area is 222 Å². The molecule has 0 saturated carbocycles. The van der Waals surface area contributed by atoms with Crippen LogP contribution in [0.5, 0.6) is 17.4 Å². The molecule has 0 radical (unpaired) electrons. The second kappa shape index (κ2) is 11.0. The van der Waals surface area contributed by atoms with Crippen molar-refractivity contribution in [3.63, 3.8) is 0 Å². The Kier molecular flexibility index (Phi) is 7.37. The third-order valence-electron chi connectivity index (χ3n) is 6.60. The summed E-state index contributed by atoms with van der Waals surface area (Å²) in [4.78, 5) is 31.6. The molecule has 1 aliphatic heterocycles. The first kappa shape index (κ1) is 26.0. The van der Waals surface area contributed by atoms with Gasteiger partial charge in [-0.1, -0.05) is 12.1 Å². The average molecular weight is 538 g/mol. The molecule has 0 spiro atoms. The first-order valence-corrected chi connectivity index (χ1v) is 12.2. The summed E-state index contributed by atoms with van der Waals surface area (Å²) in [6, 6.07) is 16.6. The van der Waals surface area contributed by atoms with Crippen molar-refractivity contribution in [2.24, 2.45) is 7.05 Å². The van der Waals surface area contributed by atoms with Crippen LogP contribution in [0.1, 0.15) is 16.1 Å². The van der Waals surface area contributed by atoms with E-state index >= 15 is 0 Å². The number of aromatic nitrogens is 2. The highest BCUT2D eigenvalue weighted by Gasteiger charge is 2.25. The molecule has 1 amide bonds. The van der Waals surface area contributed by atoms with Crippen molar-refractivity contribution in [3.8, 4) is 17.4 Å². The maximum absolute atomic E-state index is 13.4. The molecular weight excluding hydrogens is 512 g/mol. The maximum atomic E-state index is 13.4. The molecular formula is C27H25F2N5O5. The van der Waals surface area contributed by atoms with Gasteiger partial charge in [0.1, 0.15) is 23.4 Å². The molecule has 39 heavy (non-hydrogen) atoms. The van der Waals surface area contributed by atoms with Gasteiger partial charge in [-0.2, -0.15) is 8.78 Å². The molecule has 0 unspecified atom stereocenters. The van der Waals surface area contributed by atoms with Crippen molar-refractivity contribution in [1.82, 2.24) is 19.4 Å². The highest BCUT2D eigenvalue weighted by atomic mass is 19.3. The topological polar surface area (TPSA) is 103 Å². The molecule has 1 fully saturated rings. The zero-order valence-electron chi connectivity index (χ0n) is 21.0. The number of halogens is 2. The summed E-state index contributed by atoms with van der Waals surface area (Å²) in [5.41, 5.74) is 2.27. The van der Waals surface area contributed by atoms with E-state index in [9.17, 15) is 23.7 Å². The lowest BCUT2D eigenvalue weighted by molar-refractivity contribution is -0.385. The Morgan fingerprint density at radius 1 is 1.03 bits per heavy atom. The van der Waals surface area contributed by atoms with Crippen molar-refractivity contribution >= 4 is 22.5 Å². The van der Waals surface area contributed by atoms with E-state index in [0.29, 0.717) is 44.2 Å². The minimum absolute atomic E-state index is 0.0682. The Bertz CT molecular complexity index is 1480. The van der Waals surface area contributed by atoms with Crippen LogP contribution >= 0.6 is 0 Å². The molecule has 0 aliphatic carbocycles. The van der Waals surface area contributed by atoms with Gasteiger partial charge in [0.05, 0.1) is 4.92 Å². The highest BCUT2D eigenvalue weighted by molar-refractivity contribution is 5.99. The molecule has 202 valence electrons. The van der Waals surface area contributed by atoms with Gasteiger partial charge in [-0.05, 0) is 42.0 Å². The maximum Gasteiger partial charge on any atom is 0.387 e. The quantitative estimate of drug-likeness (QED) is 0.234. The molecule has 12 heteroatoms. The van der Waals surface area contributed by atoms with Gasteiger partial charge in [0, 0.05) is 62.8 Å². The van der Waals surface area contributed by atoms with Crippen LogP contribution in [0.15, 0.2) is 66.9 Å². The van der Waals surface area contributed by atoms with Gasteiger partial charge >= 0.3 is 6.61 Å². The molecule has 1 aliphatic rings. The lowest BCUT2D eigenvalue weighted by Crippen LogP contribution is -2.48. The molecule has 1 saturated heterocycles. The van der Waals surface area contributed by atoms with Crippen LogP contribution in [0.4, 0.5) is 14.5 Å². The largest absolute Gasteiger partial charge is 0.439 e. The van der Waals surface area contributed by atoms with Crippen LogP contribution in [-0.4, -0.2) is 63.0 Å². The lowest BCUT2D eigenvalue weighted by atomic mass is 10.2. The van der Waals surface area contributed by atoms with Gasteiger partial charge < -0.3 is 18.9 Å². The Balaban J connectivity index is 1.21. The van der Waals surface area contributed by atoms with Crippen molar-refractivity contribution in [3.05, 3.63) is 88.2 Å². The van der Waals surface area contributed by atoms with E-state index in [-0.39, 0.29) is 23.2 Å². The van der Waals surface area contributed by atoms with E-state index in [2.05, 4.69) is 14.6 Å². The SMILES string of the molecule is Cn1c(C(=O)N2CCN(Cc3ccc(OC(F)F)cc3)CC2)cc2cc(Oc3ccc([N+](=O)[O-])cn3)ccc21. The number of rotatable bonds is 8. The minimum Gasteiger partial charge on any atom is -0.439 e. The molecule has 0 bridgehead atoms. The van der Waals surface area contributed by atoms with E-state index in [1.165, 1.54) is 24.3 Å². The molecule has 5 rings (SSSR count). The molecule has 10 nitrogen and oxygen atoms in total. The fourth-order valence-corrected chi connectivity index (χ4v) is 4.56. The Morgan fingerprint density at radius 3 is 2.38 bits per heavy atom. The number of amides is 1. The van der Waals surface area contributed by atoms with Crippen molar-refractivity contribution in [2.75, 3.05) is 26.2 Å². The zero-order chi connectivity index (χ0) is 27.5. The van der Waals surface area contributed by atoms with E-state index in [4.69, 9.17) is 4.74 Å². The summed E-state index contributed by atoms with van der Waals surface area (Å²) >= 11 is 0. The normalized spacial score (nSPS) is 14.1. The summed E-state index contributed by atoms with van der Waals surface area (Å²) in [5, 5.41) is 11.6. The second-order valence-corrected chi connectivity index (χ2v) is 9.11. The number of benzene rings is 2. The second-order valence-electron chi connectivity index (χ2n) is 9.11. The summed E-state index contributed by atoms with van der Waals surface area (Å²) in [5.74, 6) is 0.778. The number of alkyl halides is 2. The van der Waals surface area contributed by atoms with Gasteiger partial charge in [0.25, 0.3) is 11.6 Å². The minimum atomic E-state index is -2.85. The van der Waals surface area contributed by atoms with Gasteiger partial charge in [-0.3, -0.25) is 19.8 Å². The number of nitrogens with zero attached hydrogens (tertiary/aromatic N) is 5. The number of carbonyl (C=O) groups is 1. The van der Waals surface area contributed by atoms with Crippen molar-refractivity contribution in [2.45, 2.75) is 13.2 Å². The third-order valence-corrected chi connectivity index (χ3v) is 6.60. The first-order chi connectivity index (χ1) is 18.8. The zero-order valence-corrected chi connectivity index (χ0v) is 21.0. The fraction of sp³-hybridized carbons (Fsp3) is 0.259. The monoisotopic (exact) mass is 537 g/mol. The first-order valence-electron chi connectivity index (χ1n) is 12.2. The van der Waals surface area contributed by atoms with E-state index in [0.717, 1.165) is 22.7 Å². The van der Waals surface area contributed by atoms with Gasteiger partial charge in [0.15, 0.2) is 0 Å². The molecule has 0 atom stereocenters. The predicted molar refractivity (Wildman–Crippen MR) is 138 cm³/mol. The number of ether oxygens (including phenoxy) is 2. The fourth-order valence-electron chi connectivity index (χ4n) is 4.56. The van der Waals surface area contributed by atoms with Crippen LogP contribution in [0.25, 0.3) is 10.9 Å². The molecule has 2 aromatic heterocycles. The Hall–Kier alpha value is -4.58. The number of hydrogen-bond acceptors (Lipinski definition) is 7. The van der Waals surface area contributed by atoms with Gasteiger partial charge in [-0.15, -0.1) is 0 Å². The lowest BCUT2D eigenvalue weighted by Gasteiger charge is -2.34.